The van der Waals surface area contributed by atoms with E-state index in [1.54, 1.807) is 6.26 Å². The molecule has 152 valence electrons. The molecule has 2 aromatic rings. The number of benzene rings is 1. The number of nitrogens with zero attached hydrogens (tertiary/aromatic N) is 4. The third-order valence-corrected chi connectivity index (χ3v) is 4.74. The molecule has 0 bridgehead atoms. The Balaban J connectivity index is 1.50. The fourth-order valence-corrected chi connectivity index (χ4v) is 3.22. The lowest BCUT2D eigenvalue weighted by Crippen LogP contribution is -2.52. The molecule has 1 aliphatic heterocycles. The number of nitrogens with one attached hydrogen (secondary N) is 1. The van der Waals surface area contributed by atoms with Crippen molar-refractivity contribution in [3.8, 4) is 5.75 Å². The molecule has 1 N–H and O–H groups in total. The van der Waals surface area contributed by atoms with Gasteiger partial charge < -0.3 is 19.5 Å². The van der Waals surface area contributed by atoms with Gasteiger partial charge in [-0.1, -0.05) is 37.2 Å². The Labute approximate surface area is 167 Å². The van der Waals surface area contributed by atoms with E-state index in [4.69, 9.17) is 9.26 Å². The maximum absolute atomic E-state index is 5.96. The number of aliphatic imine (C=N–C) groups is 1. The number of hydrogen-bond donors (Lipinski definition) is 1. The maximum atomic E-state index is 5.96. The number of para-hydroxylation sites is 1. The Kier molecular flexibility index (Phi) is 7.31. The van der Waals surface area contributed by atoms with Crippen molar-refractivity contribution in [2.75, 3.05) is 39.8 Å². The van der Waals surface area contributed by atoms with Gasteiger partial charge in [-0.3, -0.25) is 9.89 Å². The molecule has 28 heavy (non-hydrogen) atoms. The van der Waals surface area contributed by atoms with E-state index in [2.05, 4.69) is 45.2 Å². The highest BCUT2D eigenvalue weighted by Gasteiger charge is 2.20. The normalized spacial score (nSPS) is 15.9. The van der Waals surface area contributed by atoms with Gasteiger partial charge in [0.15, 0.2) is 5.96 Å². The van der Waals surface area contributed by atoms with Crippen molar-refractivity contribution < 1.29 is 9.26 Å². The number of guanidine groups is 1. The molecule has 7 nitrogen and oxygen atoms in total. The van der Waals surface area contributed by atoms with Gasteiger partial charge in [-0.15, -0.1) is 0 Å². The van der Waals surface area contributed by atoms with Crippen molar-refractivity contribution in [1.82, 2.24) is 20.3 Å². The van der Waals surface area contributed by atoms with Gasteiger partial charge in [-0.25, -0.2) is 0 Å². The fraction of sp³-hybridized carbons (Fsp3) is 0.524. The van der Waals surface area contributed by atoms with Crippen LogP contribution in [-0.2, 0) is 13.1 Å². The SMILES string of the molecule is CN=C(NCc1ccccc1OCC(C)C)N1CCN(Cc2ccon2)CC1. The Hall–Kier alpha value is -2.54. The first-order valence-electron chi connectivity index (χ1n) is 9.93. The molecule has 0 aliphatic carbocycles. The van der Waals surface area contributed by atoms with Crippen LogP contribution in [0.3, 0.4) is 0 Å². The summed E-state index contributed by atoms with van der Waals surface area (Å²) in [6.07, 6.45) is 1.63. The zero-order valence-corrected chi connectivity index (χ0v) is 17.1. The number of aromatic nitrogens is 1. The average Bonchev–Trinajstić information content (AvgIpc) is 3.22. The van der Waals surface area contributed by atoms with Gasteiger partial charge in [-0.2, -0.15) is 0 Å². The third-order valence-electron chi connectivity index (χ3n) is 4.74. The second-order valence-corrected chi connectivity index (χ2v) is 7.47. The Morgan fingerprint density at radius 2 is 2.00 bits per heavy atom. The largest absolute Gasteiger partial charge is 0.493 e. The highest BCUT2D eigenvalue weighted by molar-refractivity contribution is 5.80. The highest BCUT2D eigenvalue weighted by Crippen LogP contribution is 2.18. The summed E-state index contributed by atoms with van der Waals surface area (Å²) in [6.45, 7) is 10.4. The van der Waals surface area contributed by atoms with Crippen molar-refractivity contribution in [1.29, 1.82) is 0 Å². The summed E-state index contributed by atoms with van der Waals surface area (Å²) in [5.74, 6) is 2.37. The molecule has 7 heteroatoms. The molecule has 3 rings (SSSR count). The van der Waals surface area contributed by atoms with E-state index in [0.717, 1.165) is 62.3 Å². The zero-order valence-electron chi connectivity index (χ0n) is 17.1. The molecular formula is C21H31N5O2. The molecule has 1 saturated heterocycles. The van der Waals surface area contributed by atoms with E-state index in [-0.39, 0.29) is 0 Å². The van der Waals surface area contributed by atoms with Crippen LogP contribution in [0.4, 0.5) is 0 Å². The van der Waals surface area contributed by atoms with Gasteiger partial charge in [0.1, 0.15) is 12.0 Å². The van der Waals surface area contributed by atoms with Crippen LogP contribution >= 0.6 is 0 Å². The summed E-state index contributed by atoms with van der Waals surface area (Å²) in [6, 6.07) is 10.1. The summed E-state index contributed by atoms with van der Waals surface area (Å²) in [5.41, 5.74) is 2.13. The molecule has 0 unspecified atom stereocenters. The zero-order chi connectivity index (χ0) is 19.8. The Morgan fingerprint density at radius 1 is 1.21 bits per heavy atom. The van der Waals surface area contributed by atoms with Crippen molar-refractivity contribution in [3.63, 3.8) is 0 Å². The monoisotopic (exact) mass is 385 g/mol. The van der Waals surface area contributed by atoms with E-state index in [1.807, 2.05) is 31.3 Å². The van der Waals surface area contributed by atoms with E-state index in [0.29, 0.717) is 12.5 Å². The predicted octanol–water partition coefficient (Wildman–Crippen LogP) is 2.60. The molecule has 0 radical (unpaired) electrons. The van der Waals surface area contributed by atoms with Crippen LogP contribution in [0.5, 0.6) is 5.75 Å². The van der Waals surface area contributed by atoms with E-state index in [1.165, 1.54) is 0 Å². The number of rotatable bonds is 7. The lowest BCUT2D eigenvalue weighted by Gasteiger charge is -2.36. The Morgan fingerprint density at radius 3 is 2.68 bits per heavy atom. The quantitative estimate of drug-likeness (QED) is 0.584. The molecule has 2 heterocycles. The molecule has 1 fully saturated rings. The van der Waals surface area contributed by atoms with Gasteiger partial charge in [0, 0.05) is 57.9 Å². The average molecular weight is 386 g/mol. The first-order valence-corrected chi connectivity index (χ1v) is 9.93. The van der Waals surface area contributed by atoms with E-state index in [9.17, 15) is 0 Å². The first-order chi connectivity index (χ1) is 13.7. The van der Waals surface area contributed by atoms with Gasteiger partial charge in [0.25, 0.3) is 0 Å². The van der Waals surface area contributed by atoms with Crippen molar-refractivity contribution in [3.05, 3.63) is 47.9 Å². The van der Waals surface area contributed by atoms with Crippen molar-refractivity contribution >= 4 is 5.96 Å². The van der Waals surface area contributed by atoms with Crippen LogP contribution < -0.4 is 10.1 Å². The van der Waals surface area contributed by atoms with Crippen molar-refractivity contribution in [2.45, 2.75) is 26.9 Å². The topological polar surface area (TPSA) is 66.1 Å². The predicted molar refractivity (Wildman–Crippen MR) is 110 cm³/mol. The molecule has 0 amide bonds. The summed E-state index contributed by atoms with van der Waals surface area (Å²) < 4.78 is 10.9. The smallest absolute Gasteiger partial charge is 0.194 e. The van der Waals surface area contributed by atoms with Crippen LogP contribution in [0.2, 0.25) is 0 Å². The maximum Gasteiger partial charge on any atom is 0.194 e. The number of ether oxygens (including phenoxy) is 1. The van der Waals surface area contributed by atoms with Gasteiger partial charge in [-0.05, 0) is 12.0 Å². The molecule has 1 aromatic heterocycles. The number of hydrogen-bond acceptors (Lipinski definition) is 5. The summed E-state index contributed by atoms with van der Waals surface area (Å²) in [7, 11) is 1.84. The standard InChI is InChI=1S/C21H31N5O2/c1-17(2)16-27-20-7-5-4-6-18(20)14-23-21(22-3)26-11-9-25(10-12-26)15-19-8-13-28-24-19/h4-8,13,17H,9-12,14-16H2,1-3H3,(H,22,23). The van der Waals surface area contributed by atoms with Crippen LogP contribution in [0, 0.1) is 5.92 Å². The second kappa shape index (κ2) is 10.1. The van der Waals surface area contributed by atoms with E-state index >= 15 is 0 Å². The molecule has 0 saturated carbocycles. The Bertz CT molecular complexity index is 737. The van der Waals surface area contributed by atoms with Crippen LogP contribution in [0.15, 0.2) is 46.1 Å². The highest BCUT2D eigenvalue weighted by atomic mass is 16.5. The third kappa shape index (κ3) is 5.73. The summed E-state index contributed by atoms with van der Waals surface area (Å²) >= 11 is 0. The van der Waals surface area contributed by atoms with Crippen molar-refractivity contribution in [2.24, 2.45) is 10.9 Å². The molecule has 0 atom stereocenters. The van der Waals surface area contributed by atoms with Crippen LogP contribution in [-0.4, -0.2) is 60.7 Å². The molecule has 0 spiro atoms. The van der Waals surface area contributed by atoms with Gasteiger partial charge in [0.2, 0.25) is 0 Å². The minimum absolute atomic E-state index is 0.502. The summed E-state index contributed by atoms with van der Waals surface area (Å²) in [4.78, 5) is 9.16. The molecular weight excluding hydrogens is 354 g/mol. The minimum Gasteiger partial charge on any atom is -0.493 e. The van der Waals surface area contributed by atoms with Crippen LogP contribution in [0.25, 0.3) is 0 Å². The lowest BCUT2D eigenvalue weighted by molar-refractivity contribution is 0.169. The van der Waals surface area contributed by atoms with Crippen LogP contribution in [0.1, 0.15) is 25.1 Å². The number of piperazine rings is 1. The lowest BCUT2D eigenvalue weighted by atomic mass is 10.2. The first kappa shape index (κ1) is 20.2. The summed E-state index contributed by atoms with van der Waals surface area (Å²) in [5, 5.41) is 7.49. The van der Waals surface area contributed by atoms with Gasteiger partial charge >= 0.3 is 0 Å². The second-order valence-electron chi connectivity index (χ2n) is 7.47. The van der Waals surface area contributed by atoms with Gasteiger partial charge in [0.05, 0.1) is 12.3 Å². The minimum atomic E-state index is 0.502. The molecule has 1 aromatic carbocycles. The fourth-order valence-electron chi connectivity index (χ4n) is 3.22. The molecule has 1 aliphatic rings. The van der Waals surface area contributed by atoms with E-state index < -0.39 is 0 Å².